The minimum Gasteiger partial charge on any atom is -0.314 e. The Labute approximate surface area is 113 Å². The Balaban J connectivity index is 2.39. The quantitative estimate of drug-likeness (QED) is 0.848. The second-order valence-corrected chi connectivity index (χ2v) is 4.58. The van der Waals surface area contributed by atoms with Crippen molar-refractivity contribution in [3.63, 3.8) is 0 Å². The Morgan fingerprint density at radius 2 is 1.90 bits per heavy atom. The average Bonchev–Trinajstić information content (AvgIpc) is 2.40. The van der Waals surface area contributed by atoms with E-state index in [1.807, 2.05) is 0 Å². The molecule has 0 aromatic heterocycles. The number of hydrogen-bond donors (Lipinski definition) is 1. The van der Waals surface area contributed by atoms with Crippen LogP contribution >= 0.6 is 0 Å². The van der Waals surface area contributed by atoms with Crippen LogP contribution in [0, 0.1) is 17.1 Å². The van der Waals surface area contributed by atoms with Crippen LogP contribution in [0.5, 0.6) is 0 Å². The van der Waals surface area contributed by atoms with Crippen LogP contribution in [-0.2, 0) is 0 Å². The van der Waals surface area contributed by atoms with Gasteiger partial charge in [0.05, 0.1) is 5.56 Å². The zero-order chi connectivity index (χ0) is 14.8. The molecule has 1 saturated heterocycles. The fourth-order valence-corrected chi connectivity index (χ4v) is 2.35. The fraction of sp³-hybridized carbons (Fsp3) is 0.462. The molecule has 3 nitrogen and oxygen atoms in total. The van der Waals surface area contributed by atoms with Crippen molar-refractivity contribution < 1.29 is 17.6 Å². The summed E-state index contributed by atoms with van der Waals surface area (Å²) in [5.74, 6) is -0.808. The standard InChI is InChI=1S/C13H13F4N3/c14-11-2-1-9(7-10(11)8-18)12(13(15,16)17)20-5-3-19-4-6-20/h1-2,7,12,19H,3-6H2/t12-/m0/s1. The van der Waals surface area contributed by atoms with Crippen molar-refractivity contribution in [3.8, 4) is 6.07 Å². The number of piperazine rings is 1. The first-order chi connectivity index (χ1) is 9.43. The van der Waals surface area contributed by atoms with Gasteiger partial charge in [0.15, 0.2) is 0 Å². The summed E-state index contributed by atoms with van der Waals surface area (Å²) in [5.41, 5.74) is -0.468. The molecular formula is C13H13F4N3. The van der Waals surface area contributed by atoms with Crippen molar-refractivity contribution in [3.05, 3.63) is 35.1 Å². The molecule has 0 aliphatic carbocycles. The summed E-state index contributed by atoms with van der Waals surface area (Å²) >= 11 is 0. The largest absolute Gasteiger partial charge is 0.408 e. The fourth-order valence-electron chi connectivity index (χ4n) is 2.35. The lowest BCUT2D eigenvalue weighted by molar-refractivity contribution is -0.187. The van der Waals surface area contributed by atoms with Crippen molar-refractivity contribution in [2.45, 2.75) is 12.2 Å². The molecule has 20 heavy (non-hydrogen) atoms. The zero-order valence-corrected chi connectivity index (χ0v) is 10.5. The Kier molecular flexibility index (Phi) is 4.26. The van der Waals surface area contributed by atoms with Crippen LogP contribution in [0.2, 0.25) is 0 Å². The number of benzene rings is 1. The number of halogens is 4. The predicted octanol–water partition coefficient (Wildman–Crippen LogP) is 2.21. The molecule has 7 heteroatoms. The maximum absolute atomic E-state index is 13.3. The van der Waals surface area contributed by atoms with Crippen LogP contribution < -0.4 is 5.32 Å². The van der Waals surface area contributed by atoms with Gasteiger partial charge in [-0.15, -0.1) is 0 Å². The van der Waals surface area contributed by atoms with E-state index in [0.29, 0.717) is 13.1 Å². The third-order valence-corrected chi connectivity index (χ3v) is 3.25. The molecule has 0 bridgehead atoms. The highest BCUT2D eigenvalue weighted by Crippen LogP contribution is 2.38. The van der Waals surface area contributed by atoms with Crippen molar-refractivity contribution in [1.82, 2.24) is 10.2 Å². The van der Waals surface area contributed by atoms with E-state index in [4.69, 9.17) is 5.26 Å². The molecular weight excluding hydrogens is 274 g/mol. The molecule has 108 valence electrons. The van der Waals surface area contributed by atoms with Crippen molar-refractivity contribution in [2.75, 3.05) is 26.2 Å². The van der Waals surface area contributed by atoms with E-state index < -0.39 is 18.0 Å². The molecule has 1 aliphatic heterocycles. The summed E-state index contributed by atoms with van der Waals surface area (Å²) in [6.07, 6.45) is -4.47. The first kappa shape index (κ1) is 14.8. The van der Waals surface area contributed by atoms with Crippen molar-refractivity contribution in [1.29, 1.82) is 5.26 Å². The SMILES string of the molecule is N#Cc1cc([C@H](N2CCNCC2)C(F)(F)F)ccc1F. The van der Waals surface area contributed by atoms with E-state index in [0.717, 1.165) is 18.2 Å². The lowest BCUT2D eigenvalue weighted by atomic mass is 10.0. The summed E-state index contributed by atoms with van der Waals surface area (Å²) in [4.78, 5) is 1.30. The maximum atomic E-state index is 13.3. The van der Waals surface area contributed by atoms with Crippen LogP contribution in [0.15, 0.2) is 18.2 Å². The molecule has 0 saturated carbocycles. The maximum Gasteiger partial charge on any atom is 0.408 e. The number of alkyl halides is 3. The molecule has 1 aromatic rings. The Bertz CT molecular complexity index is 515. The van der Waals surface area contributed by atoms with E-state index in [9.17, 15) is 17.6 Å². The highest BCUT2D eigenvalue weighted by Gasteiger charge is 2.45. The van der Waals surface area contributed by atoms with Crippen molar-refractivity contribution in [2.24, 2.45) is 0 Å². The molecule has 0 radical (unpaired) electrons. The van der Waals surface area contributed by atoms with Crippen molar-refractivity contribution >= 4 is 0 Å². The highest BCUT2D eigenvalue weighted by atomic mass is 19.4. The predicted molar refractivity (Wildman–Crippen MR) is 64.4 cm³/mol. The molecule has 1 aliphatic rings. The van der Waals surface area contributed by atoms with E-state index >= 15 is 0 Å². The Morgan fingerprint density at radius 3 is 2.45 bits per heavy atom. The summed E-state index contributed by atoms with van der Waals surface area (Å²) in [7, 11) is 0. The minimum absolute atomic E-state index is 0.0997. The van der Waals surface area contributed by atoms with Gasteiger partial charge in [-0.25, -0.2) is 4.39 Å². The molecule has 1 N–H and O–H groups in total. The van der Waals surface area contributed by atoms with Gasteiger partial charge in [0, 0.05) is 26.2 Å². The topological polar surface area (TPSA) is 39.1 Å². The summed E-state index contributed by atoms with van der Waals surface area (Å²) in [5, 5.41) is 11.7. The smallest absolute Gasteiger partial charge is 0.314 e. The van der Waals surface area contributed by atoms with Gasteiger partial charge in [-0.1, -0.05) is 6.07 Å². The lowest BCUT2D eigenvalue weighted by Crippen LogP contribution is -2.49. The molecule has 1 aromatic carbocycles. The summed E-state index contributed by atoms with van der Waals surface area (Å²) in [6, 6.07) is 2.75. The second kappa shape index (κ2) is 5.77. The number of rotatable bonds is 2. The minimum atomic E-state index is -4.47. The van der Waals surface area contributed by atoms with E-state index in [-0.39, 0.29) is 24.2 Å². The van der Waals surface area contributed by atoms with E-state index in [2.05, 4.69) is 5.32 Å². The van der Waals surface area contributed by atoms with Gasteiger partial charge in [0.1, 0.15) is 17.9 Å². The van der Waals surface area contributed by atoms with E-state index in [1.54, 1.807) is 6.07 Å². The third-order valence-electron chi connectivity index (χ3n) is 3.25. The monoisotopic (exact) mass is 287 g/mol. The average molecular weight is 287 g/mol. The molecule has 1 atom stereocenters. The summed E-state index contributed by atoms with van der Waals surface area (Å²) in [6.45, 7) is 1.45. The number of nitrogens with one attached hydrogen (secondary N) is 1. The molecule has 0 unspecified atom stereocenters. The first-order valence-corrected chi connectivity index (χ1v) is 6.14. The normalized spacial score (nSPS) is 18.6. The number of nitriles is 1. The van der Waals surface area contributed by atoms with Gasteiger partial charge >= 0.3 is 6.18 Å². The number of hydrogen-bond acceptors (Lipinski definition) is 3. The van der Waals surface area contributed by atoms with Gasteiger partial charge in [-0.05, 0) is 17.7 Å². The first-order valence-electron chi connectivity index (χ1n) is 6.14. The second-order valence-electron chi connectivity index (χ2n) is 4.58. The molecule has 1 heterocycles. The van der Waals surface area contributed by atoms with Gasteiger partial charge in [0.2, 0.25) is 0 Å². The Hall–Kier alpha value is -1.65. The zero-order valence-electron chi connectivity index (χ0n) is 10.5. The van der Waals surface area contributed by atoms with Crippen LogP contribution in [0.1, 0.15) is 17.2 Å². The van der Waals surface area contributed by atoms with Crippen LogP contribution in [0.25, 0.3) is 0 Å². The Morgan fingerprint density at radius 1 is 1.25 bits per heavy atom. The summed E-state index contributed by atoms with van der Waals surface area (Å²) < 4.78 is 53.1. The van der Waals surface area contributed by atoms with Gasteiger partial charge in [-0.3, -0.25) is 4.90 Å². The van der Waals surface area contributed by atoms with Crippen LogP contribution in [0.4, 0.5) is 17.6 Å². The van der Waals surface area contributed by atoms with Crippen LogP contribution in [-0.4, -0.2) is 37.3 Å². The van der Waals surface area contributed by atoms with Gasteiger partial charge in [0.25, 0.3) is 0 Å². The van der Waals surface area contributed by atoms with Crippen LogP contribution in [0.3, 0.4) is 0 Å². The lowest BCUT2D eigenvalue weighted by Gasteiger charge is -2.36. The van der Waals surface area contributed by atoms with E-state index in [1.165, 1.54) is 4.90 Å². The molecule has 0 amide bonds. The number of nitrogens with zero attached hydrogens (tertiary/aromatic N) is 2. The van der Waals surface area contributed by atoms with Gasteiger partial charge < -0.3 is 5.32 Å². The molecule has 2 rings (SSSR count). The molecule has 0 spiro atoms. The third kappa shape index (κ3) is 3.08. The highest BCUT2D eigenvalue weighted by molar-refractivity contribution is 5.36. The van der Waals surface area contributed by atoms with Gasteiger partial charge in [-0.2, -0.15) is 18.4 Å². The molecule has 1 fully saturated rings.